The van der Waals surface area contributed by atoms with Crippen molar-refractivity contribution in [2.45, 2.75) is 43.2 Å². The van der Waals surface area contributed by atoms with Gasteiger partial charge in [0.05, 0.1) is 24.4 Å². The van der Waals surface area contributed by atoms with E-state index in [4.69, 9.17) is 9.47 Å². The van der Waals surface area contributed by atoms with Gasteiger partial charge in [-0.25, -0.2) is 14.2 Å². The van der Waals surface area contributed by atoms with Crippen LogP contribution in [-0.4, -0.2) is 55.8 Å². The Hall–Kier alpha value is -2.91. The van der Waals surface area contributed by atoms with Crippen LogP contribution < -0.4 is 20.1 Å². The number of urea groups is 1. The minimum Gasteiger partial charge on any atom is -0.493 e. The first-order chi connectivity index (χ1) is 16.4. The van der Waals surface area contributed by atoms with Crippen molar-refractivity contribution in [2.24, 2.45) is 0 Å². The Morgan fingerprint density at radius 1 is 1.18 bits per heavy atom. The summed E-state index contributed by atoms with van der Waals surface area (Å²) in [6.45, 7) is 1.01. The molecule has 9 heteroatoms. The molecule has 2 aliphatic rings. The number of rotatable bonds is 5. The molecule has 3 atom stereocenters. The van der Waals surface area contributed by atoms with Gasteiger partial charge in [-0.05, 0) is 75.2 Å². The Balaban J connectivity index is 1.29. The van der Waals surface area contributed by atoms with E-state index in [9.17, 15) is 9.18 Å². The van der Waals surface area contributed by atoms with Crippen LogP contribution in [0, 0.1) is 5.82 Å². The predicted octanol–water partition coefficient (Wildman–Crippen LogP) is 4.77. The number of methoxy groups -OCH3 is 2. The van der Waals surface area contributed by atoms with Crippen molar-refractivity contribution in [3.63, 3.8) is 0 Å². The van der Waals surface area contributed by atoms with Crippen LogP contribution in [0.1, 0.15) is 31.2 Å². The third kappa shape index (κ3) is 4.07. The number of nitrogens with zero attached hydrogens (tertiary/aromatic N) is 2. The number of halogens is 1. The summed E-state index contributed by atoms with van der Waals surface area (Å²) in [5.41, 5.74) is 1.97. The third-order valence-electron chi connectivity index (χ3n) is 7.39. The number of likely N-dealkylation sites (N-methyl/N-ethyl adjacent to an activating group) is 1. The average molecular weight is 485 g/mol. The molecule has 34 heavy (non-hydrogen) atoms. The van der Waals surface area contributed by atoms with E-state index in [-0.39, 0.29) is 23.3 Å². The summed E-state index contributed by atoms with van der Waals surface area (Å²) in [5.74, 6) is 1.17. The highest BCUT2D eigenvalue weighted by atomic mass is 32.1. The standard InChI is InChI=1S/C25H29FN4O3S/c1-30-11-10-25(15-4-7-19(32-2)20(12-15)33-3)9-8-17(14-22(25)30)27-23(31)29-24-28-18-6-5-16(26)13-21(18)34-24/h4-7,12-13,17,22H,8-11,14H2,1-3H3,(H2,27,28,29,31)/t17-,22+,25+/m1/s1. The number of carbonyl (C=O) groups excluding carboxylic acids is 1. The summed E-state index contributed by atoms with van der Waals surface area (Å²) in [5, 5.41) is 6.43. The molecule has 2 amide bonds. The molecule has 1 aliphatic carbocycles. The van der Waals surface area contributed by atoms with E-state index in [0.29, 0.717) is 21.4 Å². The van der Waals surface area contributed by atoms with Gasteiger partial charge >= 0.3 is 6.03 Å². The van der Waals surface area contributed by atoms with Crippen LogP contribution in [0.15, 0.2) is 36.4 Å². The molecule has 7 nitrogen and oxygen atoms in total. The number of carbonyl (C=O) groups is 1. The van der Waals surface area contributed by atoms with E-state index in [0.717, 1.165) is 43.7 Å². The summed E-state index contributed by atoms with van der Waals surface area (Å²) < 4.78 is 25.2. The molecule has 1 saturated heterocycles. The fourth-order valence-corrected chi connectivity index (χ4v) is 6.55. The van der Waals surface area contributed by atoms with Crippen LogP contribution in [0.25, 0.3) is 10.2 Å². The summed E-state index contributed by atoms with van der Waals surface area (Å²) >= 11 is 1.27. The lowest BCUT2D eigenvalue weighted by atomic mass is 9.65. The Kier molecular flexibility index (Phi) is 6.07. The molecule has 2 N–H and O–H groups in total. The fourth-order valence-electron chi connectivity index (χ4n) is 5.67. The van der Waals surface area contributed by atoms with Gasteiger partial charge in [0.15, 0.2) is 16.6 Å². The maximum Gasteiger partial charge on any atom is 0.321 e. The van der Waals surface area contributed by atoms with Crippen molar-refractivity contribution < 1.29 is 18.7 Å². The summed E-state index contributed by atoms with van der Waals surface area (Å²) in [4.78, 5) is 19.5. The topological polar surface area (TPSA) is 75.7 Å². The van der Waals surface area contributed by atoms with E-state index in [2.05, 4.69) is 39.7 Å². The molecule has 3 aromatic rings. The Morgan fingerprint density at radius 2 is 2.00 bits per heavy atom. The van der Waals surface area contributed by atoms with Gasteiger partial charge in [0.2, 0.25) is 0 Å². The molecule has 0 bridgehead atoms. The van der Waals surface area contributed by atoms with Crippen molar-refractivity contribution in [2.75, 3.05) is 33.1 Å². The molecule has 5 rings (SSSR count). The predicted molar refractivity (Wildman–Crippen MR) is 132 cm³/mol. The number of anilines is 1. The van der Waals surface area contributed by atoms with Crippen LogP contribution in [0.5, 0.6) is 11.5 Å². The maximum atomic E-state index is 13.5. The van der Waals surface area contributed by atoms with Crippen LogP contribution in [0.3, 0.4) is 0 Å². The zero-order valence-electron chi connectivity index (χ0n) is 19.6. The summed E-state index contributed by atoms with van der Waals surface area (Å²) in [6, 6.07) is 10.8. The zero-order valence-corrected chi connectivity index (χ0v) is 20.4. The second-order valence-corrected chi connectivity index (χ2v) is 10.2. The van der Waals surface area contributed by atoms with Crippen LogP contribution in [0.4, 0.5) is 14.3 Å². The first-order valence-corrected chi connectivity index (χ1v) is 12.3. The van der Waals surface area contributed by atoms with Gasteiger partial charge < -0.3 is 19.7 Å². The van der Waals surface area contributed by atoms with E-state index >= 15 is 0 Å². The molecule has 0 radical (unpaired) electrons. The number of hydrogen-bond donors (Lipinski definition) is 2. The molecule has 1 saturated carbocycles. The highest BCUT2D eigenvalue weighted by Gasteiger charge is 2.50. The molecular weight excluding hydrogens is 455 g/mol. The fraction of sp³-hybridized carbons (Fsp3) is 0.440. The SMILES string of the molecule is COc1ccc([C@@]23CC[C@@H](NC(=O)Nc4nc5ccc(F)cc5s4)C[C@@H]2N(C)CC3)cc1OC. The van der Waals surface area contributed by atoms with E-state index < -0.39 is 0 Å². The van der Waals surface area contributed by atoms with Crippen LogP contribution in [-0.2, 0) is 5.41 Å². The van der Waals surface area contributed by atoms with Gasteiger partial charge in [0, 0.05) is 17.5 Å². The minimum absolute atomic E-state index is 0.0278. The van der Waals surface area contributed by atoms with Gasteiger partial charge in [0.25, 0.3) is 0 Å². The minimum atomic E-state index is -0.312. The Morgan fingerprint density at radius 3 is 2.79 bits per heavy atom. The van der Waals surface area contributed by atoms with E-state index in [1.807, 2.05) is 6.07 Å². The van der Waals surface area contributed by atoms with Crippen LogP contribution >= 0.6 is 11.3 Å². The van der Waals surface area contributed by atoms with Gasteiger partial charge in [-0.2, -0.15) is 0 Å². The lowest BCUT2D eigenvalue weighted by molar-refractivity contribution is 0.156. The van der Waals surface area contributed by atoms with Crippen molar-refractivity contribution >= 4 is 32.7 Å². The zero-order chi connectivity index (χ0) is 23.9. The molecule has 180 valence electrons. The second-order valence-electron chi connectivity index (χ2n) is 9.17. The number of fused-ring (bicyclic) bond motifs is 2. The first-order valence-electron chi connectivity index (χ1n) is 11.5. The largest absolute Gasteiger partial charge is 0.493 e. The number of nitrogens with one attached hydrogen (secondary N) is 2. The molecule has 0 unspecified atom stereocenters. The molecule has 2 fully saturated rings. The molecule has 2 aromatic carbocycles. The normalized spacial score (nSPS) is 24.6. The molecule has 1 aromatic heterocycles. The quantitative estimate of drug-likeness (QED) is 0.546. The number of hydrogen-bond acceptors (Lipinski definition) is 6. The highest BCUT2D eigenvalue weighted by Crippen LogP contribution is 2.49. The molecule has 1 aliphatic heterocycles. The number of likely N-dealkylation sites (tertiary alicyclic amines) is 1. The van der Waals surface area contributed by atoms with Gasteiger partial charge in [-0.1, -0.05) is 17.4 Å². The second kappa shape index (κ2) is 9.03. The van der Waals surface area contributed by atoms with Crippen LogP contribution in [0.2, 0.25) is 0 Å². The lowest BCUT2D eigenvalue weighted by Crippen LogP contribution is -2.52. The maximum absolute atomic E-state index is 13.5. The van der Waals surface area contributed by atoms with Crippen molar-refractivity contribution in [1.29, 1.82) is 0 Å². The van der Waals surface area contributed by atoms with Gasteiger partial charge in [-0.15, -0.1) is 0 Å². The van der Waals surface area contributed by atoms with E-state index in [1.54, 1.807) is 20.3 Å². The number of amides is 2. The molecule has 0 spiro atoms. The Bertz CT molecular complexity index is 1220. The van der Waals surface area contributed by atoms with Crippen molar-refractivity contribution in [3.8, 4) is 11.5 Å². The first kappa shape index (κ1) is 22.9. The van der Waals surface area contributed by atoms with Gasteiger partial charge in [-0.3, -0.25) is 5.32 Å². The molecular formula is C25H29FN4O3S. The highest BCUT2D eigenvalue weighted by molar-refractivity contribution is 7.22. The lowest BCUT2D eigenvalue weighted by Gasteiger charge is -2.45. The summed E-state index contributed by atoms with van der Waals surface area (Å²) in [7, 11) is 5.48. The van der Waals surface area contributed by atoms with E-state index in [1.165, 1.54) is 29.0 Å². The summed E-state index contributed by atoms with van der Waals surface area (Å²) in [6.07, 6.45) is 3.80. The molecule has 2 heterocycles. The number of thiazole rings is 1. The number of ether oxygens (including phenoxy) is 2. The third-order valence-corrected chi connectivity index (χ3v) is 8.33. The van der Waals surface area contributed by atoms with Gasteiger partial charge in [0.1, 0.15) is 5.82 Å². The Labute approximate surface area is 202 Å². The number of benzene rings is 2. The van der Waals surface area contributed by atoms with Crippen molar-refractivity contribution in [1.82, 2.24) is 15.2 Å². The average Bonchev–Trinajstić information content (AvgIpc) is 3.38. The monoisotopic (exact) mass is 484 g/mol. The number of aromatic nitrogens is 1. The van der Waals surface area contributed by atoms with Crippen molar-refractivity contribution in [3.05, 3.63) is 47.8 Å². The smallest absolute Gasteiger partial charge is 0.321 e.